The van der Waals surface area contributed by atoms with Crippen molar-refractivity contribution in [3.8, 4) is 0 Å². The molecule has 4 nitrogen and oxygen atoms in total. The first-order chi connectivity index (χ1) is 9.19. The van der Waals surface area contributed by atoms with E-state index in [1.165, 1.54) is 11.3 Å². The maximum Gasteiger partial charge on any atom is 0.226 e. The number of amides is 1. The second-order valence-electron chi connectivity index (χ2n) is 4.25. The van der Waals surface area contributed by atoms with Gasteiger partial charge in [-0.3, -0.25) is 4.79 Å². The van der Waals surface area contributed by atoms with Crippen LogP contribution in [0.3, 0.4) is 0 Å². The number of nitrogens with one attached hydrogen (secondary N) is 1. The van der Waals surface area contributed by atoms with Gasteiger partial charge in [0.05, 0.1) is 29.8 Å². The molecule has 1 aromatic carbocycles. The van der Waals surface area contributed by atoms with Gasteiger partial charge in [-0.25, -0.2) is 4.98 Å². The highest BCUT2D eigenvalue weighted by atomic mass is 32.1. The van der Waals surface area contributed by atoms with Gasteiger partial charge in [-0.2, -0.15) is 0 Å². The van der Waals surface area contributed by atoms with Gasteiger partial charge in [-0.15, -0.1) is 11.3 Å². The Balaban J connectivity index is 1.97. The summed E-state index contributed by atoms with van der Waals surface area (Å²) in [6, 6.07) is 9.07. The molecule has 0 saturated carbocycles. The number of carbonyl (C=O) groups is 1. The minimum Gasteiger partial charge on any atom is -0.394 e. The fraction of sp³-hybridized carbons (Fsp3) is 0.286. The molecule has 0 saturated heterocycles. The summed E-state index contributed by atoms with van der Waals surface area (Å²) in [5, 5.41) is 15.0. The predicted octanol–water partition coefficient (Wildman–Crippen LogP) is 1.84. The van der Waals surface area contributed by atoms with Gasteiger partial charge in [0.2, 0.25) is 5.91 Å². The van der Waals surface area contributed by atoms with E-state index >= 15 is 0 Å². The van der Waals surface area contributed by atoms with Crippen LogP contribution >= 0.6 is 11.3 Å². The lowest BCUT2D eigenvalue weighted by molar-refractivity contribution is -0.121. The monoisotopic (exact) mass is 276 g/mol. The van der Waals surface area contributed by atoms with E-state index < -0.39 is 0 Å². The van der Waals surface area contributed by atoms with Gasteiger partial charge >= 0.3 is 0 Å². The molecule has 0 fully saturated rings. The molecule has 2 rings (SSSR count). The van der Waals surface area contributed by atoms with E-state index in [0.29, 0.717) is 0 Å². The standard InChI is InChI=1S/C14H16N2O2S/c1-10-15-12(9-19-10)7-14(18)16-13(8-17)11-5-3-2-4-6-11/h2-6,9,13,17H,7-8H2,1H3,(H,16,18)/t13-/m0/s1. The van der Waals surface area contributed by atoms with Crippen LogP contribution in [0.25, 0.3) is 0 Å². The molecule has 0 spiro atoms. The van der Waals surface area contributed by atoms with Crippen molar-refractivity contribution in [2.24, 2.45) is 0 Å². The van der Waals surface area contributed by atoms with E-state index in [9.17, 15) is 9.90 Å². The molecule has 1 amide bonds. The average molecular weight is 276 g/mol. The van der Waals surface area contributed by atoms with Crippen molar-refractivity contribution in [1.82, 2.24) is 10.3 Å². The van der Waals surface area contributed by atoms with Crippen molar-refractivity contribution in [1.29, 1.82) is 0 Å². The number of thiazole rings is 1. The third-order valence-corrected chi connectivity index (χ3v) is 3.55. The van der Waals surface area contributed by atoms with Crippen LogP contribution in [0.1, 0.15) is 22.3 Å². The molecule has 1 heterocycles. The Bertz CT molecular complexity index is 539. The molecule has 2 N–H and O–H groups in total. The van der Waals surface area contributed by atoms with Crippen LogP contribution in [0.2, 0.25) is 0 Å². The van der Waals surface area contributed by atoms with Crippen LogP contribution in [-0.4, -0.2) is 22.6 Å². The second kappa shape index (κ2) is 6.45. The average Bonchev–Trinajstić information content (AvgIpc) is 2.82. The molecule has 2 aromatic rings. The molecular weight excluding hydrogens is 260 g/mol. The fourth-order valence-corrected chi connectivity index (χ4v) is 2.43. The Hall–Kier alpha value is -1.72. The number of nitrogens with zero attached hydrogens (tertiary/aromatic N) is 1. The maximum absolute atomic E-state index is 11.9. The van der Waals surface area contributed by atoms with Gasteiger partial charge in [0, 0.05) is 5.38 Å². The molecule has 0 aliphatic carbocycles. The van der Waals surface area contributed by atoms with Crippen molar-refractivity contribution in [3.05, 3.63) is 52.0 Å². The van der Waals surface area contributed by atoms with Crippen LogP contribution in [0, 0.1) is 6.92 Å². The van der Waals surface area contributed by atoms with Crippen LogP contribution in [0.15, 0.2) is 35.7 Å². The van der Waals surface area contributed by atoms with Crippen molar-refractivity contribution in [2.45, 2.75) is 19.4 Å². The highest BCUT2D eigenvalue weighted by molar-refractivity contribution is 7.09. The maximum atomic E-state index is 11.9. The lowest BCUT2D eigenvalue weighted by Crippen LogP contribution is -2.32. The first-order valence-corrected chi connectivity index (χ1v) is 6.93. The van der Waals surface area contributed by atoms with Gasteiger partial charge in [0.1, 0.15) is 0 Å². The van der Waals surface area contributed by atoms with Crippen molar-refractivity contribution < 1.29 is 9.90 Å². The van der Waals surface area contributed by atoms with Crippen LogP contribution in [-0.2, 0) is 11.2 Å². The highest BCUT2D eigenvalue weighted by Crippen LogP contribution is 2.13. The summed E-state index contributed by atoms with van der Waals surface area (Å²) in [7, 11) is 0. The van der Waals surface area contributed by atoms with E-state index in [2.05, 4.69) is 10.3 Å². The Labute approximate surface area is 116 Å². The largest absolute Gasteiger partial charge is 0.394 e. The molecule has 0 bridgehead atoms. The first-order valence-electron chi connectivity index (χ1n) is 6.05. The molecule has 0 unspecified atom stereocenters. The van der Waals surface area contributed by atoms with E-state index in [-0.39, 0.29) is 25.0 Å². The van der Waals surface area contributed by atoms with E-state index in [1.807, 2.05) is 42.6 Å². The summed E-state index contributed by atoms with van der Waals surface area (Å²) < 4.78 is 0. The quantitative estimate of drug-likeness (QED) is 0.876. The van der Waals surface area contributed by atoms with Crippen LogP contribution in [0.5, 0.6) is 0 Å². The zero-order valence-corrected chi connectivity index (χ0v) is 11.5. The van der Waals surface area contributed by atoms with Crippen LogP contribution in [0.4, 0.5) is 0 Å². The van der Waals surface area contributed by atoms with Gasteiger partial charge in [-0.1, -0.05) is 30.3 Å². The summed E-state index contributed by atoms with van der Waals surface area (Å²) >= 11 is 1.53. The number of rotatable bonds is 5. The van der Waals surface area contributed by atoms with Crippen molar-refractivity contribution in [3.63, 3.8) is 0 Å². The predicted molar refractivity (Wildman–Crippen MR) is 75.0 cm³/mol. The Morgan fingerprint density at radius 1 is 1.42 bits per heavy atom. The summed E-state index contributed by atoms with van der Waals surface area (Å²) in [5.41, 5.74) is 1.66. The number of aliphatic hydroxyl groups excluding tert-OH is 1. The van der Waals surface area contributed by atoms with Gasteiger partial charge in [0.25, 0.3) is 0 Å². The van der Waals surface area contributed by atoms with E-state index in [4.69, 9.17) is 0 Å². The minimum atomic E-state index is -0.367. The fourth-order valence-electron chi connectivity index (χ4n) is 1.82. The zero-order valence-electron chi connectivity index (χ0n) is 10.7. The van der Waals surface area contributed by atoms with Crippen molar-refractivity contribution in [2.75, 3.05) is 6.61 Å². The minimum absolute atomic E-state index is 0.119. The number of carbonyl (C=O) groups excluding carboxylic acids is 1. The summed E-state index contributed by atoms with van der Waals surface area (Å²) in [6.07, 6.45) is 0.244. The zero-order chi connectivity index (χ0) is 13.7. The van der Waals surface area contributed by atoms with Crippen LogP contribution < -0.4 is 5.32 Å². The second-order valence-corrected chi connectivity index (χ2v) is 5.31. The topological polar surface area (TPSA) is 62.2 Å². The smallest absolute Gasteiger partial charge is 0.226 e. The number of aliphatic hydroxyl groups is 1. The summed E-state index contributed by atoms with van der Waals surface area (Å²) in [6.45, 7) is 1.79. The molecule has 0 radical (unpaired) electrons. The highest BCUT2D eigenvalue weighted by Gasteiger charge is 2.14. The Morgan fingerprint density at radius 3 is 2.74 bits per heavy atom. The SMILES string of the molecule is Cc1nc(CC(=O)N[C@@H](CO)c2ccccc2)cs1. The first kappa shape index (κ1) is 13.7. The number of aromatic nitrogens is 1. The third kappa shape index (κ3) is 3.87. The molecule has 0 aliphatic heterocycles. The number of hydrogen-bond donors (Lipinski definition) is 2. The molecule has 0 aliphatic rings. The molecule has 19 heavy (non-hydrogen) atoms. The number of hydrogen-bond acceptors (Lipinski definition) is 4. The molecular formula is C14H16N2O2S. The number of benzene rings is 1. The molecule has 5 heteroatoms. The third-order valence-electron chi connectivity index (χ3n) is 2.73. The van der Waals surface area contributed by atoms with E-state index in [1.54, 1.807) is 0 Å². The van der Waals surface area contributed by atoms with Gasteiger partial charge in [0.15, 0.2) is 0 Å². The molecule has 1 aromatic heterocycles. The Kier molecular flexibility index (Phi) is 4.65. The molecule has 100 valence electrons. The van der Waals surface area contributed by atoms with Crippen molar-refractivity contribution >= 4 is 17.2 Å². The normalized spacial score (nSPS) is 12.1. The summed E-state index contributed by atoms with van der Waals surface area (Å²) in [5.74, 6) is -0.131. The summed E-state index contributed by atoms with van der Waals surface area (Å²) in [4.78, 5) is 16.2. The number of aryl methyl sites for hydroxylation is 1. The van der Waals surface area contributed by atoms with Gasteiger partial charge in [-0.05, 0) is 12.5 Å². The lowest BCUT2D eigenvalue weighted by Gasteiger charge is -2.16. The molecule has 1 atom stereocenters. The van der Waals surface area contributed by atoms with Gasteiger partial charge < -0.3 is 10.4 Å². The lowest BCUT2D eigenvalue weighted by atomic mass is 10.1. The Morgan fingerprint density at radius 2 is 2.16 bits per heavy atom. The van der Waals surface area contributed by atoms with E-state index in [0.717, 1.165) is 16.3 Å².